The second kappa shape index (κ2) is 10.7. The van der Waals surface area contributed by atoms with Gasteiger partial charge in [-0.05, 0) is 17.5 Å². The third-order valence-corrected chi connectivity index (χ3v) is 3.66. The standard InChI is InChI=1S/C20H21NO5/c22-15-21-18(20(24)26-14-17-9-5-2-6-10-17)11-12-19(23)25-13-16-7-3-1-4-8-16/h1-10,15,18H,11-14H2,(H,21,22)/t18-/m0/s1. The van der Waals surface area contributed by atoms with Crippen molar-refractivity contribution in [2.75, 3.05) is 0 Å². The number of benzene rings is 2. The van der Waals surface area contributed by atoms with Crippen molar-refractivity contribution in [3.8, 4) is 0 Å². The lowest BCUT2D eigenvalue weighted by Gasteiger charge is -2.15. The van der Waals surface area contributed by atoms with Crippen LogP contribution in [-0.2, 0) is 37.1 Å². The summed E-state index contributed by atoms with van der Waals surface area (Å²) in [5.74, 6) is -1.03. The molecule has 0 saturated heterocycles. The predicted molar refractivity (Wildman–Crippen MR) is 94.7 cm³/mol. The van der Waals surface area contributed by atoms with Gasteiger partial charge in [-0.3, -0.25) is 9.59 Å². The number of ether oxygens (including phenoxy) is 2. The van der Waals surface area contributed by atoms with Gasteiger partial charge >= 0.3 is 11.9 Å². The fraction of sp³-hybridized carbons (Fsp3) is 0.250. The number of hydrogen-bond donors (Lipinski definition) is 1. The van der Waals surface area contributed by atoms with Gasteiger partial charge in [0.25, 0.3) is 0 Å². The zero-order valence-electron chi connectivity index (χ0n) is 14.3. The normalized spacial score (nSPS) is 11.2. The molecule has 0 aromatic heterocycles. The first-order valence-electron chi connectivity index (χ1n) is 8.29. The molecule has 2 aromatic rings. The van der Waals surface area contributed by atoms with Crippen LogP contribution in [0.2, 0.25) is 0 Å². The van der Waals surface area contributed by atoms with E-state index >= 15 is 0 Å². The van der Waals surface area contributed by atoms with Crippen molar-refractivity contribution in [2.24, 2.45) is 0 Å². The summed E-state index contributed by atoms with van der Waals surface area (Å²) in [5.41, 5.74) is 1.72. The third-order valence-electron chi connectivity index (χ3n) is 3.66. The van der Waals surface area contributed by atoms with Crippen LogP contribution in [0.5, 0.6) is 0 Å². The van der Waals surface area contributed by atoms with Crippen molar-refractivity contribution < 1.29 is 23.9 Å². The van der Waals surface area contributed by atoms with Gasteiger partial charge < -0.3 is 14.8 Å². The number of carbonyl (C=O) groups excluding carboxylic acids is 3. The van der Waals surface area contributed by atoms with Crippen molar-refractivity contribution in [3.63, 3.8) is 0 Å². The van der Waals surface area contributed by atoms with Crippen LogP contribution in [0.25, 0.3) is 0 Å². The molecule has 0 saturated carbocycles. The van der Waals surface area contributed by atoms with E-state index in [0.29, 0.717) is 6.41 Å². The lowest BCUT2D eigenvalue weighted by atomic mass is 10.1. The highest BCUT2D eigenvalue weighted by molar-refractivity contribution is 5.79. The molecule has 0 heterocycles. The Bertz CT molecular complexity index is 703. The summed E-state index contributed by atoms with van der Waals surface area (Å²) < 4.78 is 10.4. The van der Waals surface area contributed by atoms with Gasteiger partial charge in [-0.25, -0.2) is 4.79 Å². The highest BCUT2D eigenvalue weighted by Crippen LogP contribution is 2.07. The quantitative estimate of drug-likeness (QED) is 0.523. The highest BCUT2D eigenvalue weighted by atomic mass is 16.5. The van der Waals surface area contributed by atoms with Crippen molar-refractivity contribution in [1.29, 1.82) is 0 Å². The molecule has 2 rings (SSSR count). The number of hydrogen-bond acceptors (Lipinski definition) is 5. The minimum absolute atomic E-state index is 0.00121. The predicted octanol–water partition coefficient (Wildman–Crippen LogP) is 2.37. The molecule has 136 valence electrons. The van der Waals surface area contributed by atoms with E-state index < -0.39 is 18.0 Å². The van der Waals surface area contributed by atoms with E-state index in [2.05, 4.69) is 5.32 Å². The van der Waals surface area contributed by atoms with Gasteiger partial charge in [-0.1, -0.05) is 60.7 Å². The monoisotopic (exact) mass is 355 g/mol. The first kappa shape index (κ1) is 19.2. The Kier molecular flexibility index (Phi) is 7.86. The number of esters is 2. The molecule has 6 nitrogen and oxygen atoms in total. The van der Waals surface area contributed by atoms with Crippen LogP contribution < -0.4 is 5.32 Å². The molecule has 0 aliphatic heterocycles. The van der Waals surface area contributed by atoms with E-state index in [1.165, 1.54) is 0 Å². The largest absolute Gasteiger partial charge is 0.461 e. The number of nitrogens with one attached hydrogen (secondary N) is 1. The molecule has 1 atom stereocenters. The van der Waals surface area contributed by atoms with E-state index in [1.807, 2.05) is 60.7 Å². The van der Waals surface area contributed by atoms with E-state index in [-0.39, 0.29) is 26.1 Å². The van der Waals surface area contributed by atoms with Crippen molar-refractivity contribution in [3.05, 3.63) is 71.8 Å². The Morgan fingerprint density at radius 1 is 0.885 bits per heavy atom. The maximum absolute atomic E-state index is 12.1. The third kappa shape index (κ3) is 6.76. The summed E-state index contributed by atoms with van der Waals surface area (Å²) in [6.07, 6.45) is 0.530. The molecule has 0 aliphatic carbocycles. The molecule has 0 radical (unpaired) electrons. The molecule has 1 amide bonds. The van der Waals surface area contributed by atoms with Gasteiger partial charge in [0, 0.05) is 6.42 Å². The van der Waals surface area contributed by atoms with Gasteiger partial charge in [0.05, 0.1) is 0 Å². The van der Waals surface area contributed by atoms with Crippen molar-refractivity contribution >= 4 is 18.3 Å². The molecular weight excluding hydrogens is 334 g/mol. The van der Waals surface area contributed by atoms with E-state index in [9.17, 15) is 14.4 Å². The Labute approximate surface area is 152 Å². The number of rotatable bonds is 10. The Balaban J connectivity index is 1.76. The number of carbonyl (C=O) groups is 3. The van der Waals surface area contributed by atoms with Crippen molar-refractivity contribution in [1.82, 2.24) is 5.32 Å². The van der Waals surface area contributed by atoms with Crippen LogP contribution in [0, 0.1) is 0 Å². The molecule has 0 unspecified atom stereocenters. The fourth-order valence-electron chi connectivity index (χ4n) is 2.25. The smallest absolute Gasteiger partial charge is 0.328 e. The van der Waals surface area contributed by atoms with E-state index in [4.69, 9.17) is 9.47 Å². The summed E-state index contributed by atoms with van der Waals surface area (Å²) in [5, 5.41) is 2.38. The van der Waals surface area contributed by atoms with Gasteiger partial charge in [0.2, 0.25) is 6.41 Å². The van der Waals surface area contributed by atoms with E-state index in [1.54, 1.807) is 0 Å². The topological polar surface area (TPSA) is 81.7 Å². The van der Waals surface area contributed by atoms with Gasteiger partial charge in [-0.2, -0.15) is 0 Å². The van der Waals surface area contributed by atoms with Gasteiger partial charge in [-0.15, -0.1) is 0 Å². The first-order valence-corrected chi connectivity index (χ1v) is 8.29. The molecule has 6 heteroatoms. The molecule has 1 N–H and O–H groups in total. The average molecular weight is 355 g/mol. The summed E-state index contributed by atoms with van der Waals surface area (Å²) in [7, 11) is 0. The highest BCUT2D eigenvalue weighted by Gasteiger charge is 2.21. The summed E-state index contributed by atoms with van der Waals surface area (Å²) in [4.78, 5) is 34.7. The Morgan fingerprint density at radius 2 is 1.42 bits per heavy atom. The molecule has 0 aliphatic rings. The Hall–Kier alpha value is -3.15. The van der Waals surface area contributed by atoms with Crippen molar-refractivity contribution in [2.45, 2.75) is 32.1 Å². The van der Waals surface area contributed by atoms with Crippen LogP contribution >= 0.6 is 0 Å². The molecule has 0 fully saturated rings. The SMILES string of the molecule is O=CN[C@@H](CCC(=O)OCc1ccccc1)C(=O)OCc1ccccc1. The maximum atomic E-state index is 12.1. The fourth-order valence-corrected chi connectivity index (χ4v) is 2.25. The van der Waals surface area contributed by atoms with Crippen LogP contribution in [0.4, 0.5) is 0 Å². The second-order valence-electron chi connectivity index (χ2n) is 5.62. The minimum Gasteiger partial charge on any atom is -0.461 e. The number of amides is 1. The molecule has 0 spiro atoms. The van der Waals surface area contributed by atoms with Crippen LogP contribution in [0.1, 0.15) is 24.0 Å². The first-order chi connectivity index (χ1) is 12.7. The molecule has 0 bridgehead atoms. The zero-order valence-corrected chi connectivity index (χ0v) is 14.3. The van der Waals surface area contributed by atoms with Crippen LogP contribution in [-0.4, -0.2) is 24.4 Å². The van der Waals surface area contributed by atoms with Gasteiger partial charge in [0.15, 0.2) is 0 Å². The zero-order chi connectivity index (χ0) is 18.6. The summed E-state index contributed by atoms with van der Waals surface area (Å²) >= 11 is 0. The summed E-state index contributed by atoms with van der Waals surface area (Å²) in [6.45, 7) is 0.277. The second-order valence-corrected chi connectivity index (χ2v) is 5.62. The molecule has 26 heavy (non-hydrogen) atoms. The average Bonchev–Trinajstić information content (AvgIpc) is 2.69. The summed E-state index contributed by atoms with van der Waals surface area (Å²) in [6, 6.07) is 17.6. The lowest BCUT2D eigenvalue weighted by molar-refractivity contribution is -0.149. The Morgan fingerprint density at radius 3 is 1.96 bits per heavy atom. The van der Waals surface area contributed by atoms with Gasteiger partial charge in [0.1, 0.15) is 19.3 Å². The molecule has 2 aromatic carbocycles. The minimum atomic E-state index is -0.888. The van der Waals surface area contributed by atoms with Crippen LogP contribution in [0.15, 0.2) is 60.7 Å². The van der Waals surface area contributed by atoms with E-state index in [0.717, 1.165) is 11.1 Å². The maximum Gasteiger partial charge on any atom is 0.328 e. The van der Waals surface area contributed by atoms with Crippen LogP contribution in [0.3, 0.4) is 0 Å². The molecular formula is C20H21NO5. The lowest BCUT2D eigenvalue weighted by Crippen LogP contribution is -2.37.